The maximum Gasteiger partial charge on any atom is 0.0727 e. The maximum absolute atomic E-state index is 10.2. The van der Waals surface area contributed by atoms with Gasteiger partial charge in [-0.05, 0) is 96.4 Å². The van der Waals surface area contributed by atoms with Crippen LogP contribution in [-0.2, 0) is 0 Å². The highest BCUT2D eigenvalue weighted by atomic mass is 16.3. The van der Waals surface area contributed by atoms with E-state index in [2.05, 4.69) is 71.9 Å². The van der Waals surface area contributed by atoms with E-state index in [1.807, 2.05) is 0 Å². The van der Waals surface area contributed by atoms with Gasteiger partial charge in [-0.2, -0.15) is 0 Å². The van der Waals surface area contributed by atoms with Crippen LogP contribution in [0.1, 0.15) is 80.1 Å². The van der Waals surface area contributed by atoms with Gasteiger partial charge in [-0.3, -0.25) is 0 Å². The van der Waals surface area contributed by atoms with Crippen molar-refractivity contribution in [3.05, 3.63) is 36.0 Å². The van der Waals surface area contributed by atoms with E-state index in [1.54, 1.807) is 0 Å². The fraction of sp³-hybridized carbons (Fsp3) is 0.786. The number of hydrogen-bond acceptors (Lipinski definition) is 1. The van der Waals surface area contributed by atoms with Crippen LogP contribution < -0.4 is 0 Å². The third kappa shape index (κ3) is 3.50. The summed E-state index contributed by atoms with van der Waals surface area (Å²) in [5, 5.41) is 10.2. The van der Waals surface area contributed by atoms with E-state index in [9.17, 15) is 5.11 Å². The average molecular weight is 397 g/mol. The molecule has 1 nitrogen and oxygen atoms in total. The summed E-state index contributed by atoms with van der Waals surface area (Å²) < 4.78 is 0. The summed E-state index contributed by atoms with van der Waals surface area (Å²) in [6.07, 6.45) is 19.6. The van der Waals surface area contributed by atoms with Gasteiger partial charge < -0.3 is 5.11 Å². The summed E-state index contributed by atoms with van der Waals surface area (Å²) in [6, 6.07) is 0. The Morgan fingerprint density at radius 2 is 1.72 bits per heavy atom. The highest BCUT2D eigenvalue weighted by molar-refractivity contribution is 5.36. The topological polar surface area (TPSA) is 20.2 Å². The molecular weight excluding hydrogens is 352 g/mol. The average Bonchev–Trinajstić information content (AvgIpc) is 3.03. The standard InChI is InChI=1S/C28H44O/c1-18(2)19(3)7-8-20(4)24-11-12-25-23-10-9-21-17-22(29)13-15-27(21,5)26(23)14-16-28(24,25)6/h7-10,17-20,22-26,29H,11-16H2,1-6H3/b8-7+/t19-,20+,22+,23-,24+,25-,26-,27-,28+/m0/s1. The summed E-state index contributed by atoms with van der Waals surface area (Å²) in [6.45, 7) is 14.6. The molecule has 0 aromatic heterocycles. The Morgan fingerprint density at radius 1 is 0.966 bits per heavy atom. The molecule has 0 aromatic rings. The lowest BCUT2D eigenvalue weighted by Crippen LogP contribution is -2.49. The molecule has 0 aliphatic heterocycles. The molecular formula is C28H44O. The molecule has 0 radical (unpaired) electrons. The molecule has 0 unspecified atom stereocenters. The van der Waals surface area contributed by atoms with Gasteiger partial charge >= 0.3 is 0 Å². The Morgan fingerprint density at radius 3 is 2.45 bits per heavy atom. The van der Waals surface area contributed by atoms with Gasteiger partial charge in [0, 0.05) is 0 Å². The van der Waals surface area contributed by atoms with Crippen molar-refractivity contribution < 1.29 is 5.11 Å². The van der Waals surface area contributed by atoms with Gasteiger partial charge in [-0.15, -0.1) is 0 Å². The first-order valence-electron chi connectivity index (χ1n) is 12.4. The Hall–Kier alpha value is -0.820. The Bertz CT molecular complexity index is 699. The van der Waals surface area contributed by atoms with Crippen LogP contribution in [0.4, 0.5) is 0 Å². The second kappa shape index (κ2) is 7.70. The van der Waals surface area contributed by atoms with Gasteiger partial charge in [-0.25, -0.2) is 0 Å². The Balaban J connectivity index is 1.56. The van der Waals surface area contributed by atoms with Crippen LogP contribution in [0.5, 0.6) is 0 Å². The monoisotopic (exact) mass is 396 g/mol. The number of hydrogen-bond donors (Lipinski definition) is 1. The summed E-state index contributed by atoms with van der Waals surface area (Å²) in [7, 11) is 0. The smallest absolute Gasteiger partial charge is 0.0727 e. The third-order valence-electron chi connectivity index (χ3n) is 10.1. The second-order valence-electron chi connectivity index (χ2n) is 11.9. The minimum Gasteiger partial charge on any atom is -0.389 e. The van der Waals surface area contributed by atoms with E-state index in [1.165, 1.54) is 31.3 Å². The van der Waals surface area contributed by atoms with E-state index in [0.29, 0.717) is 17.3 Å². The second-order valence-corrected chi connectivity index (χ2v) is 11.9. The van der Waals surface area contributed by atoms with E-state index >= 15 is 0 Å². The molecule has 2 fully saturated rings. The highest BCUT2D eigenvalue weighted by Gasteiger charge is 2.58. The largest absolute Gasteiger partial charge is 0.389 e. The predicted molar refractivity (Wildman–Crippen MR) is 123 cm³/mol. The lowest BCUT2D eigenvalue weighted by Gasteiger charge is -2.56. The molecule has 4 rings (SSSR count). The first-order chi connectivity index (χ1) is 13.7. The van der Waals surface area contributed by atoms with E-state index in [-0.39, 0.29) is 11.5 Å². The molecule has 29 heavy (non-hydrogen) atoms. The fourth-order valence-corrected chi connectivity index (χ4v) is 7.75. The lowest BCUT2D eigenvalue weighted by atomic mass is 9.48. The van der Waals surface area contributed by atoms with Gasteiger partial charge in [-0.1, -0.05) is 71.9 Å². The van der Waals surface area contributed by atoms with Gasteiger partial charge in [0.15, 0.2) is 0 Å². The van der Waals surface area contributed by atoms with Crippen LogP contribution in [0.15, 0.2) is 36.0 Å². The van der Waals surface area contributed by atoms with Crippen molar-refractivity contribution in [3.8, 4) is 0 Å². The molecule has 0 saturated heterocycles. The van der Waals surface area contributed by atoms with Crippen LogP contribution in [0.2, 0.25) is 0 Å². The van der Waals surface area contributed by atoms with Gasteiger partial charge in [0.2, 0.25) is 0 Å². The van der Waals surface area contributed by atoms with Crippen molar-refractivity contribution in [3.63, 3.8) is 0 Å². The normalized spacial score (nSPS) is 46.2. The van der Waals surface area contributed by atoms with Crippen LogP contribution in [0.25, 0.3) is 0 Å². The number of aliphatic hydroxyl groups excluding tert-OH is 1. The first kappa shape index (κ1) is 21.4. The van der Waals surface area contributed by atoms with Crippen molar-refractivity contribution in [1.82, 2.24) is 0 Å². The number of rotatable bonds is 4. The van der Waals surface area contributed by atoms with E-state index in [0.717, 1.165) is 42.4 Å². The fourth-order valence-electron chi connectivity index (χ4n) is 7.75. The molecule has 4 aliphatic rings. The number of aliphatic hydroxyl groups is 1. The zero-order valence-corrected chi connectivity index (χ0v) is 19.7. The molecule has 2 saturated carbocycles. The Kier molecular flexibility index (Phi) is 5.69. The molecule has 0 amide bonds. The zero-order valence-electron chi connectivity index (χ0n) is 19.7. The van der Waals surface area contributed by atoms with Crippen LogP contribution in [0, 0.1) is 52.3 Å². The Labute approximate surface area is 179 Å². The molecule has 0 spiro atoms. The van der Waals surface area contributed by atoms with E-state index < -0.39 is 0 Å². The summed E-state index contributed by atoms with van der Waals surface area (Å²) in [5.41, 5.74) is 2.20. The third-order valence-corrected chi connectivity index (χ3v) is 10.1. The number of fused-ring (bicyclic) bond motifs is 5. The van der Waals surface area contributed by atoms with Gasteiger partial charge in [0.25, 0.3) is 0 Å². The summed E-state index contributed by atoms with van der Waals surface area (Å²) in [5.74, 6) is 5.26. The van der Waals surface area contributed by atoms with Crippen LogP contribution >= 0.6 is 0 Å². The van der Waals surface area contributed by atoms with Gasteiger partial charge in [0.05, 0.1) is 6.10 Å². The first-order valence-corrected chi connectivity index (χ1v) is 12.4. The lowest BCUT2D eigenvalue weighted by molar-refractivity contribution is -0.0254. The van der Waals surface area contributed by atoms with Crippen LogP contribution in [-0.4, -0.2) is 11.2 Å². The maximum atomic E-state index is 10.2. The molecule has 0 bridgehead atoms. The molecule has 0 heterocycles. The van der Waals surface area contributed by atoms with Crippen LogP contribution in [0.3, 0.4) is 0 Å². The zero-order chi connectivity index (χ0) is 21.0. The number of allylic oxidation sites excluding steroid dienone is 5. The van der Waals surface area contributed by atoms with Crippen molar-refractivity contribution >= 4 is 0 Å². The molecule has 1 N–H and O–H groups in total. The molecule has 1 heteroatoms. The summed E-state index contributed by atoms with van der Waals surface area (Å²) >= 11 is 0. The summed E-state index contributed by atoms with van der Waals surface area (Å²) in [4.78, 5) is 0. The van der Waals surface area contributed by atoms with Crippen molar-refractivity contribution in [2.75, 3.05) is 0 Å². The highest BCUT2D eigenvalue weighted by Crippen LogP contribution is 2.66. The van der Waals surface area contributed by atoms with Crippen molar-refractivity contribution in [1.29, 1.82) is 0 Å². The predicted octanol–water partition coefficient (Wildman–Crippen LogP) is 7.19. The van der Waals surface area contributed by atoms with Crippen molar-refractivity contribution in [2.24, 2.45) is 52.3 Å². The van der Waals surface area contributed by atoms with E-state index in [4.69, 9.17) is 0 Å². The molecule has 9 atom stereocenters. The molecule has 0 aromatic carbocycles. The SMILES string of the molecule is CC(C)[C@@H](C)/C=C/[C@@H](C)[C@H]1CC[C@H]2[C@@H]3C=CC4=C[C@H](O)CC[C@]4(C)[C@H]3CC[C@]12C. The quantitative estimate of drug-likeness (QED) is 0.499. The molecule has 162 valence electrons. The minimum absolute atomic E-state index is 0.232. The van der Waals surface area contributed by atoms with Gasteiger partial charge in [0.1, 0.15) is 0 Å². The van der Waals surface area contributed by atoms with Crippen molar-refractivity contribution in [2.45, 2.75) is 86.2 Å². The minimum atomic E-state index is -0.232. The molecule has 4 aliphatic carbocycles.